The maximum atomic E-state index is 9.57. The molecule has 1 aromatic rings. The van der Waals surface area contributed by atoms with Crippen LogP contribution in [0.5, 0.6) is 0 Å². The molecule has 2 N–H and O–H groups in total. The Kier molecular flexibility index (Phi) is 4.71. The van der Waals surface area contributed by atoms with Gasteiger partial charge in [0.05, 0.1) is 12.1 Å². The first-order valence-electron chi connectivity index (χ1n) is 6.27. The summed E-state index contributed by atoms with van der Waals surface area (Å²) in [5, 5.41) is 13.0. The van der Waals surface area contributed by atoms with Gasteiger partial charge < -0.3 is 15.0 Å². The molecule has 0 aromatic carbocycles. The molecule has 0 radical (unpaired) electrons. The fourth-order valence-electron chi connectivity index (χ4n) is 2.17. The van der Waals surface area contributed by atoms with E-state index in [9.17, 15) is 5.11 Å². The molecule has 0 spiro atoms. The quantitative estimate of drug-likeness (QED) is 0.795. The summed E-state index contributed by atoms with van der Waals surface area (Å²) < 4.78 is 2.12. The van der Waals surface area contributed by atoms with Gasteiger partial charge in [0.2, 0.25) is 0 Å². The summed E-state index contributed by atoms with van der Waals surface area (Å²) in [7, 11) is 0. The van der Waals surface area contributed by atoms with Crippen LogP contribution in [0.4, 0.5) is 0 Å². The van der Waals surface area contributed by atoms with E-state index >= 15 is 0 Å². The molecule has 0 saturated carbocycles. The summed E-state index contributed by atoms with van der Waals surface area (Å²) in [6, 6.07) is 0.346. The average molecular weight is 239 g/mol. The number of aliphatic hydroxyl groups excluding tert-OH is 1. The molecule has 1 atom stereocenters. The Morgan fingerprint density at radius 1 is 1.41 bits per heavy atom. The van der Waals surface area contributed by atoms with E-state index < -0.39 is 0 Å². The maximum Gasteiger partial charge on any atom is 0.111 e. The average Bonchev–Trinajstić information content (AvgIpc) is 2.64. The molecule has 1 unspecified atom stereocenters. The van der Waals surface area contributed by atoms with E-state index in [4.69, 9.17) is 0 Å². The van der Waals surface area contributed by atoms with Crippen molar-refractivity contribution in [3.05, 3.63) is 18.2 Å². The first-order chi connectivity index (χ1) is 7.88. The first-order valence-corrected chi connectivity index (χ1v) is 6.27. The molecule has 1 rings (SSSR count). The Morgan fingerprint density at radius 2 is 2.06 bits per heavy atom. The lowest BCUT2D eigenvalue weighted by Gasteiger charge is -2.32. The smallest absolute Gasteiger partial charge is 0.111 e. The van der Waals surface area contributed by atoms with Gasteiger partial charge >= 0.3 is 0 Å². The van der Waals surface area contributed by atoms with Crippen LogP contribution in [-0.4, -0.2) is 32.8 Å². The van der Waals surface area contributed by atoms with Gasteiger partial charge in [0, 0.05) is 30.9 Å². The number of hydrogen-bond acceptors (Lipinski definition) is 3. The third-order valence-corrected chi connectivity index (χ3v) is 2.77. The maximum absolute atomic E-state index is 9.57. The van der Waals surface area contributed by atoms with Crippen molar-refractivity contribution < 1.29 is 5.11 Å². The summed E-state index contributed by atoms with van der Waals surface area (Å²) in [5.74, 6) is 1.46. The second-order valence-corrected chi connectivity index (χ2v) is 5.59. The molecule has 0 saturated heterocycles. The molecule has 0 aliphatic carbocycles. The molecule has 1 aromatic heterocycles. The zero-order chi connectivity index (χ0) is 13.1. The molecule has 1 heterocycles. The number of hydrogen-bond donors (Lipinski definition) is 2. The van der Waals surface area contributed by atoms with Crippen LogP contribution in [0.15, 0.2) is 12.4 Å². The zero-order valence-corrected chi connectivity index (χ0v) is 11.6. The first kappa shape index (κ1) is 14.2. The number of aromatic nitrogens is 2. The van der Waals surface area contributed by atoms with Gasteiger partial charge in [-0.3, -0.25) is 0 Å². The van der Waals surface area contributed by atoms with Gasteiger partial charge in [0.15, 0.2) is 0 Å². The van der Waals surface area contributed by atoms with E-state index in [0.717, 1.165) is 12.4 Å². The number of nitrogens with one attached hydrogen (secondary N) is 1. The van der Waals surface area contributed by atoms with Gasteiger partial charge in [-0.2, -0.15) is 0 Å². The molecule has 4 heteroatoms. The lowest BCUT2D eigenvalue weighted by Crippen LogP contribution is -2.52. The van der Waals surface area contributed by atoms with Gasteiger partial charge in [0.25, 0.3) is 0 Å². The number of rotatable bonds is 6. The summed E-state index contributed by atoms with van der Waals surface area (Å²) >= 11 is 0. The van der Waals surface area contributed by atoms with Gasteiger partial charge in [-0.1, -0.05) is 27.7 Å². The minimum absolute atomic E-state index is 0.112. The number of imidazole rings is 1. The van der Waals surface area contributed by atoms with Crippen molar-refractivity contribution in [2.24, 2.45) is 0 Å². The van der Waals surface area contributed by atoms with E-state index in [1.165, 1.54) is 0 Å². The van der Waals surface area contributed by atoms with Crippen molar-refractivity contribution in [1.82, 2.24) is 14.9 Å². The Morgan fingerprint density at radius 3 is 2.53 bits per heavy atom. The Hall–Kier alpha value is -0.870. The van der Waals surface area contributed by atoms with E-state index in [1.54, 1.807) is 0 Å². The van der Waals surface area contributed by atoms with Gasteiger partial charge in [-0.25, -0.2) is 4.98 Å². The fourth-order valence-corrected chi connectivity index (χ4v) is 2.17. The Balaban J connectivity index is 2.83. The highest BCUT2D eigenvalue weighted by Crippen LogP contribution is 2.16. The van der Waals surface area contributed by atoms with E-state index in [1.807, 2.05) is 19.3 Å². The number of aliphatic hydroxyl groups is 1. The van der Waals surface area contributed by atoms with Crippen LogP contribution in [-0.2, 0) is 6.54 Å². The van der Waals surface area contributed by atoms with Crippen molar-refractivity contribution in [3.8, 4) is 0 Å². The second-order valence-electron chi connectivity index (χ2n) is 5.59. The predicted molar refractivity (Wildman–Crippen MR) is 70.1 cm³/mol. The van der Waals surface area contributed by atoms with E-state index in [2.05, 4.69) is 42.6 Å². The molecule has 0 aliphatic heterocycles. The van der Waals surface area contributed by atoms with Crippen molar-refractivity contribution in [2.45, 2.75) is 58.7 Å². The highest BCUT2D eigenvalue weighted by atomic mass is 16.3. The Bertz CT molecular complexity index is 346. The SMILES string of the molecule is CC(C)NC(C)(CO)Cn1ccnc1C(C)C. The summed E-state index contributed by atoms with van der Waals surface area (Å²) in [6.07, 6.45) is 3.80. The minimum Gasteiger partial charge on any atom is -0.394 e. The van der Waals surface area contributed by atoms with Crippen LogP contribution >= 0.6 is 0 Å². The molecular formula is C13H25N3O. The minimum atomic E-state index is -0.307. The van der Waals surface area contributed by atoms with Crippen LogP contribution in [0.25, 0.3) is 0 Å². The second kappa shape index (κ2) is 5.65. The lowest BCUT2D eigenvalue weighted by atomic mass is 10.0. The van der Waals surface area contributed by atoms with Crippen molar-refractivity contribution >= 4 is 0 Å². The van der Waals surface area contributed by atoms with Crippen molar-refractivity contribution in [2.75, 3.05) is 6.61 Å². The highest BCUT2D eigenvalue weighted by molar-refractivity contribution is 5.00. The zero-order valence-electron chi connectivity index (χ0n) is 11.6. The lowest BCUT2D eigenvalue weighted by molar-refractivity contribution is 0.147. The normalized spacial score (nSPS) is 15.5. The fraction of sp³-hybridized carbons (Fsp3) is 0.769. The number of nitrogens with zero attached hydrogens (tertiary/aromatic N) is 2. The van der Waals surface area contributed by atoms with Crippen LogP contribution in [0, 0.1) is 0 Å². The molecule has 0 fully saturated rings. The van der Waals surface area contributed by atoms with Crippen LogP contribution in [0.2, 0.25) is 0 Å². The van der Waals surface area contributed by atoms with E-state index in [-0.39, 0.29) is 12.1 Å². The molecular weight excluding hydrogens is 214 g/mol. The molecule has 0 aliphatic rings. The van der Waals surface area contributed by atoms with Crippen LogP contribution in [0.1, 0.15) is 46.4 Å². The Labute approximate surface area is 104 Å². The monoisotopic (exact) mass is 239 g/mol. The van der Waals surface area contributed by atoms with Gasteiger partial charge in [-0.15, -0.1) is 0 Å². The van der Waals surface area contributed by atoms with Crippen molar-refractivity contribution in [1.29, 1.82) is 0 Å². The molecule has 98 valence electrons. The molecule has 17 heavy (non-hydrogen) atoms. The largest absolute Gasteiger partial charge is 0.394 e. The molecule has 0 bridgehead atoms. The van der Waals surface area contributed by atoms with E-state index in [0.29, 0.717) is 12.0 Å². The van der Waals surface area contributed by atoms with Crippen molar-refractivity contribution in [3.63, 3.8) is 0 Å². The van der Waals surface area contributed by atoms with Crippen LogP contribution in [0.3, 0.4) is 0 Å². The summed E-state index contributed by atoms with van der Waals surface area (Å²) in [4.78, 5) is 4.37. The molecule has 4 nitrogen and oxygen atoms in total. The third kappa shape index (κ3) is 3.82. The highest BCUT2D eigenvalue weighted by Gasteiger charge is 2.25. The summed E-state index contributed by atoms with van der Waals surface area (Å²) in [6.45, 7) is 11.3. The third-order valence-electron chi connectivity index (χ3n) is 2.77. The topological polar surface area (TPSA) is 50.1 Å². The van der Waals surface area contributed by atoms with Gasteiger partial charge in [0.1, 0.15) is 5.82 Å². The molecule has 0 amide bonds. The summed E-state index contributed by atoms with van der Waals surface area (Å²) in [5.41, 5.74) is -0.307. The van der Waals surface area contributed by atoms with Gasteiger partial charge in [-0.05, 0) is 6.92 Å². The standard InChI is InChI=1S/C13H25N3O/c1-10(2)12-14-6-7-16(12)8-13(5,9-17)15-11(3)4/h6-7,10-11,15,17H,8-9H2,1-5H3. The van der Waals surface area contributed by atoms with Crippen LogP contribution < -0.4 is 5.32 Å². The predicted octanol–water partition coefficient (Wildman–Crippen LogP) is 1.76.